The summed E-state index contributed by atoms with van der Waals surface area (Å²) in [7, 11) is 0. The van der Waals surface area contributed by atoms with Crippen LogP contribution >= 0.6 is 15.9 Å². The van der Waals surface area contributed by atoms with Crippen LogP contribution in [0.15, 0.2) is 83.5 Å². The third kappa shape index (κ3) is 3.33. The summed E-state index contributed by atoms with van der Waals surface area (Å²) in [6.45, 7) is 1.78. The summed E-state index contributed by atoms with van der Waals surface area (Å²) in [5, 5.41) is 3.98. The zero-order valence-corrected chi connectivity index (χ0v) is 18.4. The molecule has 0 aliphatic carbocycles. The minimum Gasteiger partial charge on any atom is -0.361 e. The SMILES string of the molecule is CC(C(=O)Nc1cccc(Br)c1)N1C(=O)c2ccccc2C1c1c[nH]c2ccccc12. The highest BCUT2D eigenvalue weighted by Gasteiger charge is 2.43. The fourth-order valence-corrected chi connectivity index (χ4v) is 4.71. The van der Waals surface area contributed by atoms with Gasteiger partial charge in [0, 0.05) is 38.4 Å². The second-order valence-electron chi connectivity index (χ2n) is 7.67. The van der Waals surface area contributed by atoms with Crippen molar-refractivity contribution in [3.8, 4) is 0 Å². The highest BCUT2D eigenvalue weighted by molar-refractivity contribution is 9.10. The van der Waals surface area contributed by atoms with Gasteiger partial charge in [-0.1, -0.05) is 58.4 Å². The van der Waals surface area contributed by atoms with E-state index in [4.69, 9.17) is 0 Å². The van der Waals surface area contributed by atoms with Crippen molar-refractivity contribution in [1.82, 2.24) is 9.88 Å². The van der Waals surface area contributed by atoms with Gasteiger partial charge in [0.25, 0.3) is 5.91 Å². The maximum Gasteiger partial charge on any atom is 0.255 e. The number of benzene rings is 3. The summed E-state index contributed by atoms with van der Waals surface area (Å²) < 4.78 is 0.874. The molecule has 0 radical (unpaired) electrons. The van der Waals surface area contributed by atoms with Crippen LogP contribution < -0.4 is 5.32 Å². The largest absolute Gasteiger partial charge is 0.361 e. The van der Waals surface area contributed by atoms with Crippen molar-refractivity contribution in [3.05, 3.63) is 100 Å². The van der Waals surface area contributed by atoms with Gasteiger partial charge in [0.2, 0.25) is 5.91 Å². The predicted octanol–water partition coefficient (Wildman–Crippen LogP) is 5.50. The monoisotopic (exact) mass is 473 g/mol. The number of amides is 2. The first-order valence-electron chi connectivity index (χ1n) is 10.1. The average Bonchev–Trinajstić information content (AvgIpc) is 3.32. The molecule has 1 aliphatic heterocycles. The van der Waals surface area contributed by atoms with E-state index in [9.17, 15) is 9.59 Å². The van der Waals surface area contributed by atoms with Crippen LogP contribution in [0.1, 0.15) is 34.5 Å². The number of rotatable bonds is 4. The molecule has 1 aliphatic rings. The van der Waals surface area contributed by atoms with Crippen LogP contribution in [0.5, 0.6) is 0 Å². The maximum atomic E-state index is 13.4. The number of nitrogens with zero attached hydrogens (tertiary/aromatic N) is 1. The molecular weight excluding hydrogens is 454 g/mol. The van der Waals surface area contributed by atoms with Gasteiger partial charge in [-0.05, 0) is 42.8 Å². The lowest BCUT2D eigenvalue weighted by atomic mass is 9.97. The molecule has 4 aromatic rings. The molecule has 2 unspecified atom stereocenters. The Morgan fingerprint density at radius 3 is 2.65 bits per heavy atom. The molecule has 1 aromatic heterocycles. The van der Waals surface area contributed by atoms with Gasteiger partial charge >= 0.3 is 0 Å². The zero-order valence-electron chi connectivity index (χ0n) is 16.8. The van der Waals surface area contributed by atoms with Crippen molar-refractivity contribution < 1.29 is 9.59 Å². The average molecular weight is 474 g/mol. The highest BCUT2D eigenvalue weighted by atomic mass is 79.9. The summed E-state index contributed by atoms with van der Waals surface area (Å²) in [6, 6.07) is 22.0. The summed E-state index contributed by atoms with van der Waals surface area (Å²) in [4.78, 5) is 31.6. The molecule has 0 saturated carbocycles. The van der Waals surface area contributed by atoms with Crippen molar-refractivity contribution in [2.75, 3.05) is 5.32 Å². The first kappa shape index (κ1) is 19.6. The molecule has 5 nitrogen and oxygen atoms in total. The lowest BCUT2D eigenvalue weighted by Crippen LogP contribution is -2.44. The van der Waals surface area contributed by atoms with Crippen molar-refractivity contribution in [1.29, 1.82) is 0 Å². The Labute approximate surface area is 188 Å². The second-order valence-corrected chi connectivity index (χ2v) is 8.58. The summed E-state index contributed by atoms with van der Waals surface area (Å²) in [5.74, 6) is -0.369. The van der Waals surface area contributed by atoms with Crippen molar-refractivity contribution >= 4 is 44.3 Å². The molecule has 0 bridgehead atoms. The number of nitrogens with one attached hydrogen (secondary N) is 2. The molecule has 0 spiro atoms. The number of fused-ring (bicyclic) bond motifs is 2. The number of aromatic amines is 1. The van der Waals surface area contributed by atoms with Crippen LogP contribution in [0.25, 0.3) is 10.9 Å². The van der Waals surface area contributed by atoms with Crippen LogP contribution in [0.3, 0.4) is 0 Å². The number of halogens is 1. The van der Waals surface area contributed by atoms with Crippen LogP contribution in [0.4, 0.5) is 5.69 Å². The Hall–Kier alpha value is -3.38. The molecule has 31 heavy (non-hydrogen) atoms. The van der Waals surface area contributed by atoms with Crippen molar-refractivity contribution in [2.24, 2.45) is 0 Å². The number of carbonyl (C=O) groups excluding carboxylic acids is 2. The molecular formula is C25H20BrN3O2. The fourth-order valence-electron chi connectivity index (χ4n) is 4.31. The molecule has 3 aromatic carbocycles. The third-order valence-electron chi connectivity index (χ3n) is 5.80. The van der Waals surface area contributed by atoms with Crippen LogP contribution in [-0.2, 0) is 4.79 Å². The number of H-pyrrole nitrogens is 1. The molecule has 5 rings (SSSR count). The van der Waals surface area contributed by atoms with E-state index in [1.54, 1.807) is 11.8 Å². The van der Waals surface area contributed by atoms with Gasteiger partial charge in [0.05, 0.1) is 6.04 Å². The van der Waals surface area contributed by atoms with E-state index in [1.807, 2.05) is 79.0 Å². The first-order valence-corrected chi connectivity index (χ1v) is 10.9. The van der Waals surface area contributed by atoms with E-state index < -0.39 is 6.04 Å². The number of carbonyl (C=O) groups is 2. The molecule has 2 atom stereocenters. The maximum absolute atomic E-state index is 13.4. The fraction of sp³-hybridized carbons (Fsp3) is 0.120. The van der Waals surface area contributed by atoms with E-state index in [0.29, 0.717) is 11.3 Å². The Balaban J connectivity index is 1.56. The predicted molar refractivity (Wildman–Crippen MR) is 125 cm³/mol. The van der Waals surface area contributed by atoms with Crippen LogP contribution in [0, 0.1) is 0 Å². The summed E-state index contributed by atoms with van der Waals surface area (Å²) in [5.41, 5.74) is 4.22. The van der Waals surface area contributed by atoms with E-state index >= 15 is 0 Å². The lowest BCUT2D eigenvalue weighted by molar-refractivity contribution is -0.120. The van der Waals surface area contributed by atoms with Crippen molar-refractivity contribution in [3.63, 3.8) is 0 Å². The van der Waals surface area contributed by atoms with Crippen molar-refractivity contribution in [2.45, 2.75) is 19.0 Å². The highest BCUT2D eigenvalue weighted by Crippen LogP contribution is 2.42. The Bertz CT molecular complexity index is 1310. The normalized spacial score (nSPS) is 16.4. The topological polar surface area (TPSA) is 65.2 Å². The number of aromatic nitrogens is 1. The van der Waals surface area contributed by atoms with Crippen LogP contribution in [-0.4, -0.2) is 27.7 Å². The number of hydrogen-bond donors (Lipinski definition) is 2. The third-order valence-corrected chi connectivity index (χ3v) is 6.30. The zero-order chi connectivity index (χ0) is 21.5. The lowest BCUT2D eigenvalue weighted by Gasteiger charge is -2.30. The van der Waals surface area contributed by atoms with E-state index in [1.165, 1.54) is 0 Å². The Kier molecular flexibility index (Phi) is 4.87. The standard InChI is InChI=1S/C25H20BrN3O2/c1-15(24(30)28-17-8-6-7-16(26)13-17)29-23(19-10-2-3-11-20(19)25(29)31)21-14-27-22-12-5-4-9-18(21)22/h2-15,23,27H,1H3,(H,28,30). The summed E-state index contributed by atoms with van der Waals surface area (Å²) >= 11 is 3.42. The van der Waals surface area contributed by atoms with E-state index in [0.717, 1.165) is 26.5 Å². The van der Waals surface area contributed by atoms with Crippen LogP contribution in [0.2, 0.25) is 0 Å². The molecule has 2 N–H and O–H groups in total. The van der Waals surface area contributed by atoms with Gasteiger partial charge in [-0.15, -0.1) is 0 Å². The molecule has 6 heteroatoms. The molecule has 0 saturated heterocycles. The molecule has 2 amide bonds. The van der Waals surface area contributed by atoms with Gasteiger partial charge in [-0.3, -0.25) is 9.59 Å². The Morgan fingerprint density at radius 2 is 1.81 bits per heavy atom. The summed E-state index contributed by atoms with van der Waals surface area (Å²) in [6.07, 6.45) is 1.94. The second kappa shape index (κ2) is 7.71. The molecule has 2 heterocycles. The van der Waals surface area contributed by atoms with Gasteiger partial charge < -0.3 is 15.2 Å². The minimum atomic E-state index is -0.669. The molecule has 154 valence electrons. The minimum absolute atomic E-state index is 0.136. The van der Waals surface area contributed by atoms with Gasteiger partial charge in [0.15, 0.2) is 0 Å². The number of para-hydroxylation sites is 1. The van der Waals surface area contributed by atoms with Gasteiger partial charge in [-0.25, -0.2) is 0 Å². The molecule has 0 fully saturated rings. The smallest absolute Gasteiger partial charge is 0.255 e. The van der Waals surface area contributed by atoms with Gasteiger partial charge in [-0.2, -0.15) is 0 Å². The quantitative estimate of drug-likeness (QED) is 0.410. The van der Waals surface area contributed by atoms with E-state index in [-0.39, 0.29) is 17.9 Å². The first-order chi connectivity index (χ1) is 15.0. The van der Waals surface area contributed by atoms with Gasteiger partial charge in [0.1, 0.15) is 6.04 Å². The Morgan fingerprint density at radius 1 is 1.03 bits per heavy atom. The number of anilines is 1. The van der Waals surface area contributed by atoms with E-state index in [2.05, 4.69) is 26.2 Å². The number of hydrogen-bond acceptors (Lipinski definition) is 2.